The number of hydrogen-bond acceptors (Lipinski definition) is 6. The number of imide groups is 1. The number of nitrogens with zero attached hydrogens (tertiary/aromatic N) is 5. The molecule has 3 amide bonds. The molecule has 2 heterocycles. The number of carbonyl (C=O) groups excluding carboxylic acids is 3. The Kier molecular flexibility index (Phi) is 5.59. The van der Waals surface area contributed by atoms with Crippen molar-refractivity contribution in [3.63, 3.8) is 0 Å². The molecular formula is C20H16BrFN6O3. The van der Waals surface area contributed by atoms with Crippen molar-refractivity contribution in [2.75, 3.05) is 11.9 Å². The minimum atomic E-state index is -0.603. The van der Waals surface area contributed by atoms with Crippen LogP contribution < -0.4 is 5.32 Å². The molecular weight excluding hydrogens is 471 g/mol. The second-order valence-electron chi connectivity index (χ2n) is 6.91. The number of halogens is 2. The smallest absolute Gasteiger partial charge is 0.261 e. The van der Waals surface area contributed by atoms with Crippen LogP contribution in [-0.2, 0) is 4.79 Å². The number of aromatic nitrogens is 4. The molecule has 1 aliphatic heterocycles. The fourth-order valence-corrected chi connectivity index (χ4v) is 3.65. The van der Waals surface area contributed by atoms with E-state index >= 15 is 0 Å². The summed E-state index contributed by atoms with van der Waals surface area (Å²) in [7, 11) is 0. The molecule has 0 unspecified atom stereocenters. The molecule has 3 aromatic rings. The number of aryl methyl sites for hydroxylation is 1. The largest absolute Gasteiger partial charge is 0.324 e. The van der Waals surface area contributed by atoms with Gasteiger partial charge in [-0.05, 0) is 60.2 Å². The third-order valence-corrected chi connectivity index (χ3v) is 5.31. The van der Waals surface area contributed by atoms with Crippen molar-refractivity contribution in [1.29, 1.82) is 0 Å². The number of rotatable bonds is 6. The maximum atomic E-state index is 14.1. The molecule has 0 saturated heterocycles. The molecule has 1 N–H and O–H groups in total. The van der Waals surface area contributed by atoms with Crippen molar-refractivity contribution < 1.29 is 18.8 Å². The summed E-state index contributed by atoms with van der Waals surface area (Å²) in [6.07, 6.45) is 0.247. The van der Waals surface area contributed by atoms with Crippen LogP contribution in [-0.4, -0.2) is 49.4 Å². The highest BCUT2D eigenvalue weighted by atomic mass is 79.9. The van der Waals surface area contributed by atoms with Crippen molar-refractivity contribution in [3.8, 4) is 5.69 Å². The van der Waals surface area contributed by atoms with Crippen LogP contribution >= 0.6 is 15.9 Å². The highest BCUT2D eigenvalue weighted by Gasteiger charge is 2.35. The lowest BCUT2D eigenvalue weighted by Crippen LogP contribution is -2.31. The van der Waals surface area contributed by atoms with Crippen LogP contribution in [0.4, 0.5) is 10.1 Å². The maximum absolute atomic E-state index is 14.1. The van der Waals surface area contributed by atoms with E-state index in [1.54, 1.807) is 25.1 Å². The van der Waals surface area contributed by atoms with E-state index < -0.39 is 17.6 Å². The van der Waals surface area contributed by atoms with Gasteiger partial charge in [-0.1, -0.05) is 15.9 Å². The van der Waals surface area contributed by atoms with E-state index in [4.69, 9.17) is 0 Å². The molecule has 2 aromatic carbocycles. The van der Waals surface area contributed by atoms with E-state index in [9.17, 15) is 18.8 Å². The number of amides is 3. The van der Waals surface area contributed by atoms with E-state index in [-0.39, 0.29) is 31.0 Å². The predicted molar refractivity (Wildman–Crippen MR) is 111 cm³/mol. The summed E-state index contributed by atoms with van der Waals surface area (Å²) in [6, 6.07) is 9.02. The Bertz CT molecular complexity index is 1210. The Morgan fingerprint density at radius 1 is 1.13 bits per heavy atom. The van der Waals surface area contributed by atoms with Crippen molar-refractivity contribution in [3.05, 3.63) is 63.6 Å². The van der Waals surface area contributed by atoms with Crippen LogP contribution in [0.2, 0.25) is 0 Å². The maximum Gasteiger partial charge on any atom is 0.261 e. The summed E-state index contributed by atoms with van der Waals surface area (Å²) >= 11 is 3.28. The summed E-state index contributed by atoms with van der Waals surface area (Å²) in [5.74, 6) is -1.31. The fraction of sp³-hybridized carbons (Fsp3) is 0.200. The molecule has 0 spiro atoms. The van der Waals surface area contributed by atoms with Crippen molar-refractivity contribution in [2.45, 2.75) is 19.8 Å². The lowest BCUT2D eigenvalue weighted by molar-refractivity contribution is -0.116. The highest BCUT2D eigenvalue weighted by molar-refractivity contribution is 9.10. The van der Waals surface area contributed by atoms with Gasteiger partial charge >= 0.3 is 0 Å². The summed E-state index contributed by atoms with van der Waals surface area (Å²) in [4.78, 5) is 38.3. The number of hydrogen-bond donors (Lipinski definition) is 1. The summed E-state index contributed by atoms with van der Waals surface area (Å²) < 4.78 is 16.3. The van der Waals surface area contributed by atoms with Gasteiger partial charge in [-0.15, -0.1) is 5.10 Å². The van der Waals surface area contributed by atoms with Crippen LogP contribution in [0, 0.1) is 12.7 Å². The minimum Gasteiger partial charge on any atom is -0.324 e. The SMILES string of the molecule is Cc1nnnn1-c1ccc(F)c(NC(=O)CCCN2C(=O)c3ccc(Br)cc3C2=O)c1. The fourth-order valence-electron chi connectivity index (χ4n) is 3.29. The lowest BCUT2D eigenvalue weighted by atomic mass is 10.1. The quantitative estimate of drug-likeness (QED) is 0.536. The first kappa shape index (κ1) is 20.8. The molecule has 4 rings (SSSR count). The molecule has 0 bridgehead atoms. The minimum absolute atomic E-state index is 0.00464. The topological polar surface area (TPSA) is 110 Å². The number of carbonyl (C=O) groups is 3. The first-order chi connectivity index (χ1) is 14.8. The Morgan fingerprint density at radius 3 is 2.65 bits per heavy atom. The molecule has 0 radical (unpaired) electrons. The van der Waals surface area contributed by atoms with Gasteiger partial charge in [0.15, 0.2) is 5.82 Å². The van der Waals surface area contributed by atoms with Gasteiger partial charge in [0.25, 0.3) is 11.8 Å². The van der Waals surface area contributed by atoms with Crippen molar-refractivity contribution in [1.82, 2.24) is 25.1 Å². The molecule has 31 heavy (non-hydrogen) atoms. The summed E-state index contributed by atoms with van der Waals surface area (Å²) in [5.41, 5.74) is 1.16. The zero-order valence-electron chi connectivity index (χ0n) is 16.3. The molecule has 158 valence electrons. The van der Waals surface area contributed by atoms with Gasteiger partial charge < -0.3 is 5.32 Å². The van der Waals surface area contributed by atoms with Gasteiger partial charge in [0.2, 0.25) is 5.91 Å². The molecule has 11 heteroatoms. The first-order valence-electron chi connectivity index (χ1n) is 9.35. The lowest BCUT2D eigenvalue weighted by Gasteiger charge is -2.13. The van der Waals surface area contributed by atoms with E-state index in [0.717, 1.165) is 4.90 Å². The molecule has 0 fully saturated rings. The van der Waals surface area contributed by atoms with Crippen molar-refractivity contribution >= 4 is 39.3 Å². The molecule has 1 aromatic heterocycles. The molecule has 0 saturated carbocycles. The number of tetrazole rings is 1. The summed E-state index contributed by atoms with van der Waals surface area (Å²) in [6.45, 7) is 1.78. The molecule has 0 atom stereocenters. The standard InChI is InChI=1S/C20H16BrFN6O3/c1-11-24-25-26-28(11)13-5-7-16(22)17(10-13)23-18(29)3-2-8-27-19(30)14-6-4-12(21)9-15(14)20(27)31/h4-7,9-10H,2-3,8H2,1H3,(H,23,29). The Labute approximate surface area is 184 Å². The van der Waals surface area contributed by atoms with Crippen molar-refractivity contribution in [2.24, 2.45) is 0 Å². The second-order valence-corrected chi connectivity index (χ2v) is 7.82. The van der Waals surface area contributed by atoms with Crippen LogP contribution in [0.3, 0.4) is 0 Å². The Balaban J connectivity index is 1.37. The number of fused-ring (bicyclic) bond motifs is 1. The van der Waals surface area contributed by atoms with Gasteiger partial charge in [0.05, 0.1) is 22.5 Å². The van der Waals surface area contributed by atoms with E-state index in [1.807, 2.05) is 0 Å². The zero-order valence-corrected chi connectivity index (χ0v) is 17.9. The summed E-state index contributed by atoms with van der Waals surface area (Å²) in [5, 5.41) is 13.6. The Hall–Kier alpha value is -3.47. The van der Waals surface area contributed by atoms with Gasteiger partial charge in [-0.3, -0.25) is 19.3 Å². The van der Waals surface area contributed by atoms with Gasteiger partial charge in [0.1, 0.15) is 5.82 Å². The van der Waals surface area contributed by atoms with Crippen LogP contribution in [0.15, 0.2) is 40.9 Å². The van der Waals surface area contributed by atoms with Crippen LogP contribution in [0.1, 0.15) is 39.4 Å². The average Bonchev–Trinajstić information content (AvgIpc) is 3.26. The third kappa shape index (κ3) is 4.08. The Morgan fingerprint density at radius 2 is 1.90 bits per heavy atom. The predicted octanol–water partition coefficient (Wildman–Crippen LogP) is 2.89. The van der Waals surface area contributed by atoms with Crippen LogP contribution in [0.5, 0.6) is 0 Å². The molecule has 1 aliphatic rings. The van der Waals surface area contributed by atoms with E-state index in [2.05, 4.69) is 36.8 Å². The highest BCUT2D eigenvalue weighted by Crippen LogP contribution is 2.26. The second kappa shape index (κ2) is 8.34. The number of anilines is 1. The average molecular weight is 487 g/mol. The van der Waals surface area contributed by atoms with Crippen LogP contribution in [0.25, 0.3) is 5.69 Å². The number of benzene rings is 2. The monoisotopic (exact) mass is 486 g/mol. The third-order valence-electron chi connectivity index (χ3n) is 4.81. The normalized spacial score (nSPS) is 12.9. The molecule has 9 nitrogen and oxygen atoms in total. The first-order valence-corrected chi connectivity index (χ1v) is 10.1. The van der Waals surface area contributed by atoms with E-state index in [0.29, 0.717) is 27.1 Å². The van der Waals surface area contributed by atoms with E-state index in [1.165, 1.54) is 22.9 Å². The van der Waals surface area contributed by atoms with Gasteiger partial charge in [0, 0.05) is 17.4 Å². The number of nitrogens with one attached hydrogen (secondary N) is 1. The van der Waals surface area contributed by atoms with Gasteiger partial charge in [-0.2, -0.15) is 4.68 Å². The molecule has 0 aliphatic carbocycles. The zero-order chi connectivity index (χ0) is 22.1. The van der Waals surface area contributed by atoms with Gasteiger partial charge in [-0.25, -0.2) is 4.39 Å².